The summed E-state index contributed by atoms with van der Waals surface area (Å²) in [6.07, 6.45) is 1.39. The zero-order valence-corrected chi connectivity index (χ0v) is 10.8. The van der Waals surface area contributed by atoms with E-state index in [2.05, 4.69) is 20.8 Å². The summed E-state index contributed by atoms with van der Waals surface area (Å²) in [5, 5.41) is 0. The molecule has 1 aliphatic rings. The van der Waals surface area contributed by atoms with Crippen molar-refractivity contribution < 1.29 is 9.13 Å². The Labute approximate surface area is 104 Å². The zero-order valence-electron chi connectivity index (χ0n) is 9.25. The average Bonchev–Trinajstić information content (AvgIpc) is 2.73. The minimum absolute atomic E-state index is 0.194. The summed E-state index contributed by atoms with van der Waals surface area (Å²) in [5.41, 5.74) is 0.997. The van der Waals surface area contributed by atoms with Gasteiger partial charge >= 0.3 is 0 Å². The number of hydrogen-bond donors (Lipinski definition) is 0. The Balaban J connectivity index is 2.02. The molecule has 0 bridgehead atoms. The molecular formula is C12H15BrFNO. The van der Waals surface area contributed by atoms with Crippen LogP contribution in [0.1, 0.15) is 12.0 Å². The first-order valence-electron chi connectivity index (χ1n) is 5.38. The Morgan fingerprint density at radius 3 is 3.06 bits per heavy atom. The molecule has 0 aliphatic carbocycles. The van der Waals surface area contributed by atoms with Gasteiger partial charge in [0.2, 0.25) is 0 Å². The van der Waals surface area contributed by atoms with Crippen LogP contribution in [0.2, 0.25) is 0 Å². The largest absolute Gasteiger partial charge is 0.380 e. The third-order valence-corrected chi connectivity index (χ3v) is 3.88. The highest BCUT2D eigenvalue weighted by Gasteiger charge is 2.22. The van der Waals surface area contributed by atoms with Crippen LogP contribution >= 0.6 is 15.9 Å². The lowest BCUT2D eigenvalue weighted by Gasteiger charge is -2.16. The molecule has 1 fully saturated rings. The first kappa shape index (κ1) is 12.0. The molecule has 88 valence electrons. The van der Waals surface area contributed by atoms with Crippen molar-refractivity contribution in [3.8, 4) is 0 Å². The molecule has 1 aromatic carbocycles. The lowest BCUT2D eigenvalue weighted by atomic mass is 10.2. The standard InChI is InChI=1S/C12H15BrFNO/c1-16-10-5-6-15(8-10)7-9-3-2-4-11(14)12(9)13/h2-4,10H,5-8H2,1H3. The number of rotatable bonds is 3. The lowest BCUT2D eigenvalue weighted by molar-refractivity contribution is 0.107. The highest BCUT2D eigenvalue weighted by atomic mass is 79.9. The van der Waals surface area contributed by atoms with Crippen molar-refractivity contribution in [2.75, 3.05) is 20.2 Å². The van der Waals surface area contributed by atoms with E-state index in [4.69, 9.17) is 4.74 Å². The summed E-state index contributed by atoms with van der Waals surface area (Å²) in [7, 11) is 1.74. The van der Waals surface area contributed by atoms with E-state index in [1.54, 1.807) is 13.2 Å². The van der Waals surface area contributed by atoms with Gasteiger partial charge in [-0.05, 0) is 34.0 Å². The van der Waals surface area contributed by atoms with E-state index in [0.717, 1.165) is 31.6 Å². The molecule has 1 aromatic rings. The molecule has 0 saturated carbocycles. The lowest BCUT2D eigenvalue weighted by Crippen LogP contribution is -2.22. The van der Waals surface area contributed by atoms with Crippen LogP contribution in [-0.2, 0) is 11.3 Å². The third-order valence-electron chi connectivity index (χ3n) is 2.99. The normalized spacial score (nSPS) is 21.6. The molecule has 0 N–H and O–H groups in total. The van der Waals surface area contributed by atoms with Gasteiger partial charge in [0.05, 0.1) is 10.6 Å². The van der Waals surface area contributed by atoms with E-state index < -0.39 is 0 Å². The summed E-state index contributed by atoms with van der Waals surface area (Å²) in [6, 6.07) is 5.17. The van der Waals surface area contributed by atoms with Gasteiger partial charge in [0.15, 0.2) is 0 Å². The van der Waals surface area contributed by atoms with E-state index in [1.165, 1.54) is 6.07 Å². The molecule has 2 rings (SSSR count). The van der Waals surface area contributed by atoms with Crippen LogP contribution in [0.3, 0.4) is 0 Å². The van der Waals surface area contributed by atoms with E-state index in [9.17, 15) is 4.39 Å². The van der Waals surface area contributed by atoms with Crippen LogP contribution in [0.25, 0.3) is 0 Å². The van der Waals surface area contributed by atoms with Gasteiger partial charge in [-0.1, -0.05) is 12.1 Å². The average molecular weight is 288 g/mol. The monoisotopic (exact) mass is 287 g/mol. The van der Waals surface area contributed by atoms with Crippen molar-refractivity contribution in [2.24, 2.45) is 0 Å². The van der Waals surface area contributed by atoms with Gasteiger partial charge in [0.25, 0.3) is 0 Å². The Morgan fingerprint density at radius 2 is 2.38 bits per heavy atom. The minimum atomic E-state index is -0.194. The third kappa shape index (κ3) is 2.62. The van der Waals surface area contributed by atoms with Crippen molar-refractivity contribution >= 4 is 15.9 Å². The highest BCUT2D eigenvalue weighted by Crippen LogP contribution is 2.23. The quantitative estimate of drug-likeness (QED) is 0.848. The molecule has 0 radical (unpaired) electrons. The van der Waals surface area contributed by atoms with Gasteiger partial charge in [-0.25, -0.2) is 4.39 Å². The van der Waals surface area contributed by atoms with Crippen LogP contribution in [0.15, 0.2) is 22.7 Å². The fraction of sp³-hybridized carbons (Fsp3) is 0.500. The zero-order chi connectivity index (χ0) is 11.5. The predicted molar refractivity (Wildman–Crippen MR) is 64.8 cm³/mol. The van der Waals surface area contributed by atoms with Crippen molar-refractivity contribution in [3.63, 3.8) is 0 Å². The summed E-state index contributed by atoms with van der Waals surface area (Å²) in [5.74, 6) is -0.194. The van der Waals surface area contributed by atoms with Crippen LogP contribution in [0.5, 0.6) is 0 Å². The predicted octanol–water partition coefficient (Wildman–Crippen LogP) is 2.81. The smallest absolute Gasteiger partial charge is 0.137 e. The topological polar surface area (TPSA) is 12.5 Å². The SMILES string of the molecule is COC1CCN(Cc2cccc(F)c2Br)C1. The molecule has 1 saturated heterocycles. The highest BCUT2D eigenvalue weighted by molar-refractivity contribution is 9.10. The molecule has 1 unspecified atom stereocenters. The molecule has 2 nitrogen and oxygen atoms in total. The number of halogens is 2. The molecule has 4 heteroatoms. The number of ether oxygens (including phenoxy) is 1. The molecular weight excluding hydrogens is 273 g/mol. The second-order valence-corrected chi connectivity index (χ2v) is 4.89. The number of hydrogen-bond acceptors (Lipinski definition) is 2. The number of nitrogens with zero attached hydrogens (tertiary/aromatic N) is 1. The molecule has 1 heterocycles. The van der Waals surface area contributed by atoms with Gasteiger partial charge in [-0.2, -0.15) is 0 Å². The van der Waals surface area contributed by atoms with Crippen molar-refractivity contribution in [2.45, 2.75) is 19.1 Å². The van der Waals surface area contributed by atoms with Crippen molar-refractivity contribution in [1.29, 1.82) is 0 Å². The number of methoxy groups -OCH3 is 1. The Morgan fingerprint density at radius 1 is 1.56 bits per heavy atom. The van der Waals surface area contributed by atoms with Crippen LogP contribution in [0, 0.1) is 5.82 Å². The van der Waals surface area contributed by atoms with Gasteiger partial charge < -0.3 is 4.74 Å². The molecule has 0 aromatic heterocycles. The maximum Gasteiger partial charge on any atom is 0.137 e. The van der Waals surface area contributed by atoms with Crippen molar-refractivity contribution in [1.82, 2.24) is 4.90 Å². The van der Waals surface area contributed by atoms with Gasteiger partial charge in [-0.3, -0.25) is 4.90 Å². The first-order valence-corrected chi connectivity index (χ1v) is 6.18. The van der Waals surface area contributed by atoms with E-state index in [1.807, 2.05) is 6.07 Å². The fourth-order valence-electron chi connectivity index (χ4n) is 2.04. The van der Waals surface area contributed by atoms with E-state index >= 15 is 0 Å². The first-order chi connectivity index (χ1) is 7.70. The van der Waals surface area contributed by atoms with Gasteiger partial charge in [0, 0.05) is 26.7 Å². The van der Waals surface area contributed by atoms with Crippen molar-refractivity contribution in [3.05, 3.63) is 34.1 Å². The Hall–Kier alpha value is -0.450. The van der Waals surface area contributed by atoms with Crippen LogP contribution in [-0.4, -0.2) is 31.2 Å². The summed E-state index contributed by atoms with van der Waals surface area (Å²) >= 11 is 3.29. The van der Waals surface area contributed by atoms with Crippen LogP contribution < -0.4 is 0 Å². The summed E-state index contributed by atoms with van der Waals surface area (Å²) in [6.45, 7) is 2.72. The van der Waals surface area contributed by atoms with E-state index in [0.29, 0.717) is 10.6 Å². The second-order valence-electron chi connectivity index (χ2n) is 4.09. The number of likely N-dealkylation sites (tertiary alicyclic amines) is 1. The van der Waals surface area contributed by atoms with Gasteiger partial charge in [-0.15, -0.1) is 0 Å². The maximum atomic E-state index is 13.3. The fourth-order valence-corrected chi connectivity index (χ4v) is 2.43. The van der Waals surface area contributed by atoms with Gasteiger partial charge in [0.1, 0.15) is 5.82 Å². The molecule has 0 spiro atoms. The summed E-state index contributed by atoms with van der Waals surface area (Å²) in [4.78, 5) is 2.29. The minimum Gasteiger partial charge on any atom is -0.380 e. The molecule has 0 amide bonds. The number of benzene rings is 1. The molecule has 1 atom stereocenters. The maximum absolute atomic E-state index is 13.3. The Bertz CT molecular complexity index is 372. The van der Waals surface area contributed by atoms with E-state index in [-0.39, 0.29) is 5.82 Å². The summed E-state index contributed by atoms with van der Waals surface area (Å²) < 4.78 is 19.2. The second kappa shape index (κ2) is 5.25. The Kier molecular flexibility index (Phi) is 3.95. The molecule has 1 aliphatic heterocycles. The molecule has 16 heavy (non-hydrogen) atoms. The van der Waals surface area contributed by atoms with Crippen LogP contribution in [0.4, 0.5) is 4.39 Å².